The van der Waals surface area contributed by atoms with Gasteiger partial charge in [0.15, 0.2) is 0 Å². The lowest BCUT2D eigenvalue weighted by molar-refractivity contribution is -0.135. The van der Waals surface area contributed by atoms with Gasteiger partial charge in [0.1, 0.15) is 11.6 Å². The normalized spacial score (nSPS) is 10.4. The first-order valence-electron chi connectivity index (χ1n) is 8.30. The fraction of sp³-hybridized carbons (Fsp3) is 0.0952. The molecule has 142 valence electrons. The van der Waals surface area contributed by atoms with Gasteiger partial charge in [0.2, 0.25) is 5.88 Å². The summed E-state index contributed by atoms with van der Waals surface area (Å²) >= 11 is 7.83. The van der Waals surface area contributed by atoms with Gasteiger partial charge in [-0.15, -0.1) is 0 Å². The predicted molar refractivity (Wildman–Crippen MR) is 107 cm³/mol. The molecule has 0 aliphatic carbocycles. The third kappa shape index (κ3) is 4.91. The zero-order valence-electron chi connectivity index (χ0n) is 14.9. The van der Waals surface area contributed by atoms with Crippen molar-refractivity contribution in [3.8, 4) is 5.88 Å². The molecule has 28 heavy (non-hydrogen) atoms. The van der Waals surface area contributed by atoms with Crippen molar-refractivity contribution in [3.05, 3.63) is 83.0 Å². The van der Waals surface area contributed by atoms with Crippen LogP contribution < -0.4 is 4.74 Å². The van der Waals surface area contributed by atoms with Crippen molar-refractivity contribution in [2.24, 2.45) is 0 Å². The standard InChI is InChI=1S/C21H16ClNO4S/c1-26-21(25)19(24)17-10-6-5-7-14(17)13-27-20-18(22)11-16(12-23-20)28-15-8-3-2-4-9-15/h2-12H,13H2,1H3. The maximum Gasteiger partial charge on any atom is 0.379 e. The van der Waals surface area contributed by atoms with Gasteiger partial charge in [-0.05, 0) is 18.2 Å². The molecule has 0 atom stereocenters. The van der Waals surface area contributed by atoms with Crippen molar-refractivity contribution < 1.29 is 19.1 Å². The molecular weight excluding hydrogens is 398 g/mol. The molecular formula is C21H16ClNO4S. The minimum absolute atomic E-state index is 0.0385. The van der Waals surface area contributed by atoms with Gasteiger partial charge >= 0.3 is 5.97 Å². The Morgan fingerprint density at radius 3 is 2.46 bits per heavy atom. The van der Waals surface area contributed by atoms with Gasteiger partial charge in [0.25, 0.3) is 5.78 Å². The summed E-state index contributed by atoms with van der Waals surface area (Å²) in [6, 6.07) is 18.3. The van der Waals surface area contributed by atoms with Crippen LogP contribution in [0.25, 0.3) is 0 Å². The summed E-state index contributed by atoms with van der Waals surface area (Å²) in [5, 5.41) is 0.359. The van der Waals surface area contributed by atoms with Crippen LogP contribution in [0.1, 0.15) is 15.9 Å². The number of nitrogens with zero attached hydrogens (tertiary/aromatic N) is 1. The van der Waals surface area contributed by atoms with Crippen LogP contribution in [0, 0.1) is 0 Å². The molecule has 7 heteroatoms. The highest BCUT2D eigenvalue weighted by atomic mass is 35.5. The molecule has 2 aromatic carbocycles. The average Bonchev–Trinajstić information content (AvgIpc) is 2.73. The Morgan fingerprint density at radius 2 is 1.75 bits per heavy atom. The second-order valence-corrected chi connectivity index (χ2v) is 7.19. The smallest absolute Gasteiger partial charge is 0.379 e. The number of pyridine rings is 1. The fourth-order valence-corrected chi connectivity index (χ4v) is 3.54. The molecule has 0 amide bonds. The third-order valence-electron chi connectivity index (χ3n) is 3.76. The Kier molecular flexibility index (Phi) is 6.68. The van der Waals surface area contributed by atoms with E-state index >= 15 is 0 Å². The van der Waals surface area contributed by atoms with E-state index in [0.29, 0.717) is 10.6 Å². The van der Waals surface area contributed by atoms with Crippen LogP contribution in [0.3, 0.4) is 0 Å². The highest BCUT2D eigenvalue weighted by molar-refractivity contribution is 7.99. The molecule has 0 aliphatic rings. The van der Waals surface area contributed by atoms with Crippen LogP contribution in [0.5, 0.6) is 5.88 Å². The number of ketones is 1. The van der Waals surface area contributed by atoms with Gasteiger partial charge in [0.05, 0.1) is 7.11 Å². The highest BCUT2D eigenvalue weighted by Gasteiger charge is 2.20. The van der Waals surface area contributed by atoms with E-state index in [2.05, 4.69) is 9.72 Å². The number of carbonyl (C=O) groups is 2. The van der Waals surface area contributed by atoms with Gasteiger partial charge in [-0.1, -0.05) is 65.8 Å². The van der Waals surface area contributed by atoms with Gasteiger partial charge in [0, 0.05) is 27.1 Å². The van der Waals surface area contributed by atoms with Gasteiger partial charge in [-0.2, -0.15) is 0 Å². The monoisotopic (exact) mass is 413 g/mol. The molecule has 3 rings (SSSR count). The summed E-state index contributed by atoms with van der Waals surface area (Å²) in [4.78, 5) is 29.9. The minimum atomic E-state index is -0.925. The lowest BCUT2D eigenvalue weighted by Gasteiger charge is -2.11. The number of hydrogen-bond acceptors (Lipinski definition) is 6. The summed E-state index contributed by atoms with van der Waals surface area (Å²) in [6.45, 7) is 0.0385. The van der Waals surface area contributed by atoms with E-state index in [1.54, 1.807) is 36.5 Å². The number of benzene rings is 2. The van der Waals surface area contributed by atoms with Crippen LogP contribution >= 0.6 is 23.4 Å². The van der Waals surface area contributed by atoms with Crippen molar-refractivity contribution in [3.63, 3.8) is 0 Å². The van der Waals surface area contributed by atoms with E-state index in [1.807, 2.05) is 30.3 Å². The zero-order valence-corrected chi connectivity index (χ0v) is 16.5. The number of aromatic nitrogens is 1. The summed E-state index contributed by atoms with van der Waals surface area (Å²) in [5.74, 6) is -1.40. The van der Waals surface area contributed by atoms with Crippen molar-refractivity contribution in [1.82, 2.24) is 4.98 Å². The van der Waals surface area contributed by atoms with Crippen molar-refractivity contribution >= 4 is 35.1 Å². The molecule has 1 heterocycles. The molecule has 5 nitrogen and oxygen atoms in total. The Morgan fingerprint density at radius 1 is 1.04 bits per heavy atom. The topological polar surface area (TPSA) is 65.5 Å². The summed E-state index contributed by atoms with van der Waals surface area (Å²) in [6.07, 6.45) is 1.67. The highest BCUT2D eigenvalue weighted by Crippen LogP contribution is 2.32. The molecule has 0 saturated heterocycles. The molecule has 0 aliphatic heterocycles. The van der Waals surface area contributed by atoms with Crippen LogP contribution in [0.15, 0.2) is 76.7 Å². The van der Waals surface area contributed by atoms with Gasteiger partial charge in [-0.3, -0.25) is 4.79 Å². The number of carbonyl (C=O) groups excluding carboxylic acids is 2. The van der Waals surface area contributed by atoms with E-state index in [0.717, 1.165) is 16.9 Å². The molecule has 0 fully saturated rings. The second-order valence-electron chi connectivity index (χ2n) is 5.64. The largest absolute Gasteiger partial charge is 0.472 e. The Labute approximate surface area is 171 Å². The second kappa shape index (κ2) is 9.39. The quantitative estimate of drug-likeness (QED) is 0.314. The molecule has 0 bridgehead atoms. The van der Waals surface area contributed by atoms with Crippen LogP contribution in [0.4, 0.5) is 0 Å². The number of rotatable bonds is 7. The Bertz CT molecular complexity index is 995. The Hall–Kier alpha value is -2.83. The number of hydrogen-bond donors (Lipinski definition) is 0. The van der Waals surface area contributed by atoms with E-state index < -0.39 is 11.8 Å². The van der Waals surface area contributed by atoms with Crippen LogP contribution in [-0.4, -0.2) is 23.8 Å². The molecule has 3 aromatic rings. The molecule has 0 spiro atoms. The minimum Gasteiger partial charge on any atom is -0.472 e. The fourth-order valence-electron chi connectivity index (χ4n) is 2.41. The van der Waals surface area contributed by atoms with E-state index in [-0.39, 0.29) is 18.1 Å². The van der Waals surface area contributed by atoms with Crippen molar-refractivity contribution in [1.29, 1.82) is 0 Å². The van der Waals surface area contributed by atoms with E-state index in [9.17, 15) is 9.59 Å². The molecule has 0 saturated carbocycles. The van der Waals surface area contributed by atoms with Gasteiger partial charge < -0.3 is 9.47 Å². The lowest BCUT2D eigenvalue weighted by Crippen LogP contribution is -2.18. The third-order valence-corrected chi connectivity index (χ3v) is 5.00. The number of halogens is 1. The SMILES string of the molecule is COC(=O)C(=O)c1ccccc1COc1ncc(Sc2ccccc2)cc1Cl. The predicted octanol–water partition coefficient (Wildman–Crippen LogP) is 4.82. The molecule has 1 aromatic heterocycles. The molecule has 0 N–H and O–H groups in total. The first-order chi connectivity index (χ1) is 13.6. The number of ether oxygens (including phenoxy) is 2. The van der Waals surface area contributed by atoms with Crippen molar-refractivity contribution in [2.45, 2.75) is 16.4 Å². The van der Waals surface area contributed by atoms with Gasteiger partial charge in [-0.25, -0.2) is 9.78 Å². The van der Waals surface area contributed by atoms with Crippen molar-refractivity contribution in [2.75, 3.05) is 7.11 Å². The van der Waals surface area contributed by atoms with E-state index in [4.69, 9.17) is 16.3 Å². The van der Waals surface area contributed by atoms with Crippen LogP contribution in [-0.2, 0) is 16.1 Å². The molecule has 0 radical (unpaired) electrons. The first-order valence-corrected chi connectivity index (χ1v) is 9.49. The zero-order chi connectivity index (χ0) is 19.9. The number of methoxy groups -OCH3 is 1. The van der Waals surface area contributed by atoms with E-state index in [1.165, 1.54) is 11.8 Å². The summed E-state index contributed by atoms with van der Waals surface area (Å²) in [5.41, 5.74) is 0.764. The lowest BCUT2D eigenvalue weighted by atomic mass is 10.0. The first kappa shape index (κ1) is 19.9. The maximum absolute atomic E-state index is 12.1. The number of esters is 1. The average molecular weight is 414 g/mol. The Balaban J connectivity index is 1.72. The maximum atomic E-state index is 12.1. The number of Topliss-reactive ketones (excluding diaryl/α,β-unsaturated/α-hetero) is 1. The molecule has 0 unspecified atom stereocenters. The summed E-state index contributed by atoms with van der Waals surface area (Å²) in [7, 11) is 1.16. The van der Waals surface area contributed by atoms with Crippen LogP contribution in [0.2, 0.25) is 5.02 Å². The summed E-state index contributed by atoms with van der Waals surface area (Å²) < 4.78 is 10.2.